The van der Waals surface area contributed by atoms with Gasteiger partial charge in [-0.1, -0.05) is 24.6 Å². The van der Waals surface area contributed by atoms with E-state index in [0.717, 1.165) is 31.0 Å². The van der Waals surface area contributed by atoms with Crippen LogP contribution in [0.25, 0.3) is 0 Å². The van der Waals surface area contributed by atoms with Gasteiger partial charge in [-0.15, -0.1) is 0 Å². The second kappa shape index (κ2) is 17.2. The van der Waals surface area contributed by atoms with Crippen molar-refractivity contribution in [1.82, 2.24) is 14.9 Å². The zero-order valence-electron chi connectivity index (χ0n) is 22.2. The number of rotatable bonds is 7. The van der Waals surface area contributed by atoms with Crippen molar-refractivity contribution in [1.29, 1.82) is 0 Å². The smallest absolute Gasteiger partial charge is 0.416 e. The number of hydrogen-bond donors (Lipinski definition) is 2. The SMILES string of the molecule is CNC(=O)CCNS(=O)c1cccc(C(F)(F)F)c1.FC(F)F.c1cc2c(cc1CN1CCCCC1)OCCC2. The average molecular weight is 596 g/mol. The van der Waals surface area contributed by atoms with Crippen LogP contribution in [0.15, 0.2) is 47.4 Å². The summed E-state index contributed by atoms with van der Waals surface area (Å²) in [6.45, 7) is 0.954. The van der Waals surface area contributed by atoms with Gasteiger partial charge in [0.05, 0.1) is 17.1 Å². The molecule has 13 heteroatoms. The zero-order chi connectivity index (χ0) is 29.5. The molecule has 2 heterocycles. The largest absolute Gasteiger partial charge is 0.493 e. The molecule has 2 N–H and O–H groups in total. The third kappa shape index (κ3) is 12.7. The minimum Gasteiger partial charge on any atom is -0.493 e. The molecule has 0 aromatic heterocycles. The second-order valence-electron chi connectivity index (χ2n) is 9.09. The van der Waals surface area contributed by atoms with Crippen LogP contribution < -0.4 is 14.8 Å². The minimum absolute atomic E-state index is 0.0201. The van der Waals surface area contributed by atoms with Crippen molar-refractivity contribution in [2.24, 2.45) is 0 Å². The lowest BCUT2D eigenvalue weighted by Crippen LogP contribution is -2.29. The number of amides is 1. The van der Waals surface area contributed by atoms with Crippen molar-refractivity contribution in [3.63, 3.8) is 0 Å². The lowest BCUT2D eigenvalue weighted by molar-refractivity contribution is -0.137. The zero-order valence-corrected chi connectivity index (χ0v) is 23.1. The number of fused-ring (bicyclic) bond motifs is 1. The van der Waals surface area contributed by atoms with Gasteiger partial charge < -0.3 is 10.1 Å². The molecule has 2 aromatic rings. The Morgan fingerprint density at radius 2 is 1.75 bits per heavy atom. The van der Waals surface area contributed by atoms with E-state index in [4.69, 9.17) is 4.74 Å². The molecule has 2 aromatic carbocycles. The van der Waals surface area contributed by atoms with Crippen molar-refractivity contribution >= 4 is 16.9 Å². The van der Waals surface area contributed by atoms with E-state index in [1.807, 2.05) is 0 Å². The number of carbonyl (C=O) groups excluding carboxylic acids is 1. The molecular weight excluding hydrogens is 560 g/mol. The summed E-state index contributed by atoms with van der Waals surface area (Å²) >= 11 is 0. The Labute approximate surface area is 233 Å². The first-order valence-electron chi connectivity index (χ1n) is 12.9. The summed E-state index contributed by atoms with van der Waals surface area (Å²) in [5.41, 5.74) is 1.94. The first-order valence-corrected chi connectivity index (χ1v) is 14.1. The van der Waals surface area contributed by atoms with Crippen molar-refractivity contribution < 1.29 is 40.1 Å². The van der Waals surface area contributed by atoms with Crippen LogP contribution >= 0.6 is 0 Å². The summed E-state index contributed by atoms with van der Waals surface area (Å²) in [5, 5.41) is 2.38. The number of hydrogen-bond acceptors (Lipinski definition) is 4. The van der Waals surface area contributed by atoms with Crippen LogP contribution in [-0.4, -0.2) is 55.0 Å². The van der Waals surface area contributed by atoms with Gasteiger partial charge in [0, 0.05) is 26.6 Å². The number of nitrogens with zero attached hydrogens (tertiary/aromatic N) is 1. The van der Waals surface area contributed by atoms with Crippen LogP contribution in [0, 0.1) is 0 Å². The number of nitrogens with one attached hydrogen (secondary N) is 2. The normalized spacial score (nSPS) is 15.9. The van der Waals surface area contributed by atoms with Crippen molar-refractivity contribution in [2.75, 3.05) is 33.3 Å². The number of piperidine rings is 1. The van der Waals surface area contributed by atoms with Crippen LogP contribution in [-0.2, 0) is 34.9 Å². The van der Waals surface area contributed by atoms with Gasteiger partial charge in [0.2, 0.25) is 5.91 Å². The molecule has 1 atom stereocenters. The van der Waals surface area contributed by atoms with Gasteiger partial charge in [-0.05, 0) is 74.2 Å². The van der Waals surface area contributed by atoms with Crippen LogP contribution in [0.2, 0.25) is 0 Å². The van der Waals surface area contributed by atoms with Gasteiger partial charge in [0.15, 0.2) is 0 Å². The van der Waals surface area contributed by atoms with Gasteiger partial charge in [-0.3, -0.25) is 9.69 Å². The van der Waals surface area contributed by atoms with Gasteiger partial charge in [-0.25, -0.2) is 8.93 Å². The number of ether oxygens (including phenoxy) is 1. The Morgan fingerprint density at radius 3 is 2.40 bits per heavy atom. The van der Waals surface area contributed by atoms with E-state index < -0.39 is 29.4 Å². The molecule has 2 aliphatic rings. The summed E-state index contributed by atoms with van der Waals surface area (Å²) in [7, 11) is -0.313. The summed E-state index contributed by atoms with van der Waals surface area (Å²) < 4.78 is 86.3. The highest BCUT2D eigenvalue weighted by Crippen LogP contribution is 2.30. The number of alkyl halides is 6. The minimum atomic E-state index is -4.47. The number of carbonyl (C=O) groups is 1. The van der Waals surface area contributed by atoms with E-state index in [9.17, 15) is 35.3 Å². The highest BCUT2D eigenvalue weighted by Gasteiger charge is 2.30. The molecule has 40 heavy (non-hydrogen) atoms. The molecular formula is C27H35F6N3O3S. The van der Waals surface area contributed by atoms with E-state index in [2.05, 4.69) is 33.1 Å². The van der Waals surface area contributed by atoms with E-state index >= 15 is 0 Å². The molecule has 2 aliphatic heterocycles. The summed E-state index contributed by atoms with van der Waals surface area (Å²) in [6.07, 6.45) is 2.11. The van der Waals surface area contributed by atoms with E-state index in [0.29, 0.717) is 0 Å². The average Bonchev–Trinajstić information content (AvgIpc) is 2.93. The molecule has 0 spiro atoms. The Bertz CT molecular complexity index is 1080. The summed E-state index contributed by atoms with van der Waals surface area (Å²) in [4.78, 5) is 13.5. The third-order valence-corrected chi connectivity index (χ3v) is 7.22. The van der Waals surface area contributed by atoms with Crippen LogP contribution in [0.3, 0.4) is 0 Å². The molecule has 1 saturated heterocycles. The van der Waals surface area contributed by atoms with Gasteiger partial charge in [-0.2, -0.15) is 26.3 Å². The van der Waals surface area contributed by atoms with E-state index in [-0.39, 0.29) is 23.8 Å². The fraction of sp³-hybridized carbons (Fsp3) is 0.519. The van der Waals surface area contributed by atoms with Crippen molar-refractivity contribution in [3.8, 4) is 5.75 Å². The van der Waals surface area contributed by atoms with E-state index in [1.165, 1.54) is 75.5 Å². The predicted molar refractivity (Wildman–Crippen MR) is 141 cm³/mol. The molecule has 4 rings (SSSR count). The number of likely N-dealkylation sites (tertiary alicyclic amines) is 1. The maximum Gasteiger partial charge on any atom is 0.416 e. The van der Waals surface area contributed by atoms with Crippen LogP contribution in [0.1, 0.15) is 48.8 Å². The van der Waals surface area contributed by atoms with Gasteiger partial charge in [0.25, 0.3) is 0 Å². The molecule has 0 radical (unpaired) electrons. The van der Waals surface area contributed by atoms with Crippen LogP contribution in [0.5, 0.6) is 5.75 Å². The van der Waals surface area contributed by atoms with E-state index in [1.54, 1.807) is 0 Å². The monoisotopic (exact) mass is 595 g/mol. The Kier molecular flexibility index (Phi) is 14.5. The lowest BCUT2D eigenvalue weighted by atomic mass is 10.0. The Morgan fingerprint density at radius 1 is 1.05 bits per heavy atom. The molecule has 224 valence electrons. The molecule has 0 aliphatic carbocycles. The maximum atomic E-state index is 12.5. The molecule has 6 nitrogen and oxygen atoms in total. The highest BCUT2D eigenvalue weighted by molar-refractivity contribution is 7.83. The third-order valence-electron chi connectivity index (χ3n) is 6.07. The first kappa shape index (κ1) is 33.6. The van der Waals surface area contributed by atoms with Gasteiger partial charge in [0.1, 0.15) is 16.7 Å². The number of aryl methyl sites for hydroxylation is 1. The molecule has 1 unspecified atom stereocenters. The maximum absolute atomic E-state index is 12.5. The number of halogens is 6. The number of benzene rings is 2. The van der Waals surface area contributed by atoms with Crippen molar-refractivity contribution in [3.05, 3.63) is 59.2 Å². The standard InChI is InChI=1S/C15H21NO.C11H13F3N2O2S.CHF3/c1-2-8-16(9-3-1)12-13-6-7-14-5-4-10-17-15(14)11-13;1-15-10(17)5-6-16-19(18)9-4-2-3-8(7-9)11(12,13)14;2-1(3)4/h6-7,11H,1-5,8-10,12H2;2-4,7,16H,5-6H2,1H3,(H,15,17);1H. The topological polar surface area (TPSA) is 70.7 Å². The quantitative estimate of drug-likeness (QED) is 0.408. The molecule has 1 fully saturated rings. The van der Waals surface area contributed by atoms with Gasteiger partial charge >= 0.3 is 12.9 Å². The Hall–Kier alpha value is -2.64. The molecule has 0 saturated carbocycles. The first-order chi connectivity index (χ1) is 19.0. The fourth-order valence-electron chi connectivity index (χ4n) is 4.11. The summed E-state index contributed by atoms with van der Waals surface area (Å²) in [6, 6.07) is 11.0. The van der Waals surface area contributed by atoms with Crippen molar-refractivity contribution in [2.45, 2.75) is 62.8 Å². The molecule has 1 amide bonds. The second-order valence-corrected chi connectivity index (χ2v) is 10.4. The Balaban J connectivity index is 0.000000248. The molecule has 0 bridgehead atoms. The predicted octanol–water partition coefficient (Wildman–Crippen LogP) is 5.63. The van der Waals surface area contributed by atoms with Crippen LogP contribution in [0.4, 0.5) is 26.3 Å². The fourth-order valence-corrected chi connectivity index (χ4v) is 5.00. The summed E-state index contributed by atoms with van der Waals surface area (Å²) in [5.74, 6) is 0.888. The highest BCUT2D eigenvalue weighted by atomic mass is 32.2. The lowest BCUT2D eigenvalue weighted by Gasteiger charge is -2.27.